The predicted octanol–water partition coefficient (Wildman–Crippen LogP) is 5.23. The van der Waals surface area contributed by atoms with Gasteiger partial charge in [0.2, 0.25) is 0 Å². The van der Waals surface area contributed by atoms with Gasteiger partial charge >= 0.3 is 0 Å². The van der Waals surface area contributed by atoms with Gasteiger partial charge in [-0.05, 0) is 41.8 Å². The van der Waals surface area contributed by atoms with Crippen LogP contribution in [-0.4, -0.2) is 17.9 Å². The molecule has 1 N–H and O–H groups in total. The fourth-order valence-corrected chi connectivity index (χ4v) is 2.71. The van der Waals surface area contributed by atoms with Gasteiger partial charge < -0.3 is 10.2 Å². The van der Waals surface area contributed by atoms with E-state index < -0.39 is 0 Å². The van der Waals surface area contributed by atoms with Crippen LogP contribution in [0.15, 0.2) is 73.1 Å². The Kier molecular flexibility index (Phi) is 5.32. The molecule has 0 fully saturated rings. The summed E-state index contributed by atoms with van der Waals surface area (Å²) in [5.41, 5.74) is 4.44. The first-order valence-electron chi connectivity index (χ1n) is 8.70. The summed E-state index contributed by atoms with van der Waals surface area (Å²) in [6.45, 7) is 4.34. The van der Waals surface area contributed by atoms with Crippen molar-refractivity contribution in [1.29, 1.82) is 0 Å². The quantitative estimate of drug-likeness (QED) is 0.689. The van der Waals surface area contributed by atoms with Gasteiger partial charge in [0.25, 0.3) is 5.91 Å². The Bertz CT molecular complexity index is 873. The van der Waals surface area contributed by atoms with Gasteiger partial charge in [-0.1, -0.05) is 44.2 Å². The summed E-state index contributed by atoms with van der Waals surface area (Å²) in [5.74, 6) is 0.405. The summed E-state index contributed by atoms with van der Waals surface area (Å²) >= 11 is 0. The normalized spacial score (nSPS) is 10.6. The maximum absolute atomic E-state index is 12.7. The van der Waals surface area contributed by atoms with Crippen LogP contribution in [0.25, 0.3) is 0 Å². The Morgan fingerprint density at radius 2 is 1.65 bits per heavy atom. The Balaban J connectivity index is 1.76. The first-order chi connectivity index (χ1) is 12.5. The number of benzene rings is 2. The standard InChI is InChI=1S/C22H23N3O/c1-16(2)17-9-11-19(12-10-17)24-20-13-18(14-23-15-20)22(26)25(3)21-7-5-4-6-8-21/h4-16,24H,1-3H3. The molecule has 1 heterocycles. The van der Waals surface area contributed by atoms with Crippen LogP contribution in [0.1, 0.15) is 35.7 Å². The van der Waals surface area contributed by atoms with E-state index in [1.165, 1.54) is 5.56 Å². The smallest absolute Gasteiger partial charge is 0.259 e. The molecule has 1 amide bonds. The van der Waals surface area contributed by atoms with Gasteiger partial charge in [0.05, 0.1) is 17.4 Å². The van der Waals surface area contributed by atoms with E-state index in [0.29, 0.717) is 11.5 Å². The third kappa shape index (κ3) is 4.09. The molecule has 0 unspecified atom stereocenters. The van der Waals surface area contributed by atoms with E-state index in [4.69, 9.17) is 0 Å². The average molecular weight is 345 g/mol. The van der Waals surface area contributed by atoms with E-state index in [0.717, 1.165) is 17.1 Å². The van der Waals surface area contributed by atoms with Crippen LogP contribution in [0.5, 0.6) is 0 Å². The highest BCUT2D eigenvalue weighted by molar-refractivity contribution is 6.06. The van der Waals surface area contributed by atoms with Crippen LogP contribution in [0.2, 0.25) is 0 Å². The molecule has 0 radical (unpaired) electrons. The number of para-hydroxylation sites is 1. The maximum atomic E-state index is 12.7. The van der Waals surface area contributed by atoms with Gasteiger partial charge in [-0.2, -0.15) is 0 Å². The second-order valence-corrected chi connectivity index (χ2v) is 6.56. The minimum absolute atomic E-state index is 0.0949. The first-order valence-corrected chi connectivity index (χ1v) is 8.70. The van der Waals surface area contributed by atoms with E-state index in [9.17, 15) is 4.79 Å². The molecule has 0 saturated heterocycles. The molecule has 0 bridgehead atoms. The number of hydrogen-bond acceptors (Lipinski definition) is 3. The number of aromatic nitrogens is 1. The molecule has 1 aromatic heterocycles. The van der Waals surface area contributed by atoms with Crippen LogP contribution in [0.4, 0.5) is 17.1 Å². The van der Waals surface area contributed by atoms with Gasteiger partial charge in [-0.25, -0.2) is 0 Å². The average Bonchev–Trinajstić information content (AvgIpc) is 2.68. The minimum atomic E-state index is -0.0949. The van der Waals surface area contributed by atoms with Crippen molar-refractivity contribution in [2.45, 2.75) is 19.8 Å². The predicted molar refractivity (Wildman–Crippen MR) is 107 cm³/mol. The molecule has 0 aliphatic rings. The topological polar surface area (TPSA) is 45.2 Å². The number of nitrogens with one attached hydrogen (secondary N) is 1. The number of hydrogen-bond donors (Lipinski definition) is 1. The zero-order valence-corrected chi connectivity index (χ0v) is 15.3. The summed E-state index contributed by atoms with van der Waals surface area (Å²) in [4.78, 5) is 18.6. The highest BCUT2D eigenvalue weighted by atomic mass is 16.2. The van der Waals surface area contributed by atoms with Crippen molar-refractivity contribution < 1.29 is 4.79 Å². The van der Waals surface area contributed by atoms with Crippen LogP contribution in [0, 0.1) is 0 Å². The lowest BCUT2D eigenvalue weighted by atomic mass is 10.0. The number of pyridine rings is 1. The van der Waals surface area contributed by atoms with Crippen molar-refractivity contribution >= 4 is 23.0 Å². The highest BCUT2D eigenvalue weighted by Crippen LogP contribution is 2.22. The van der Waals surface area contributed by atoms with Crippen LogP contribution in [-0.2, 0) is 0 Å². The third-order valence-corrected chi connectivity index (χ3v) is 4.30. The van der Waals surface area contributed by atoms with Crippen molar-refractivity contribution in [3.05, 3.63) is 84.2 Å². The molecule has 0 atom stereocenters. The van der Waals surface area contributed by atoms with E-state index in [2.05, 4.69) is 36.3 Å². The summed E-state index contributed by atoms with van der Waals surface area (Å²) in [7, 11) is 1.77. The van der Waals surface area contributed by atoms with Crippen molar-refractivity contribution in [2.24, 2.45) is 0 Å². The second-order valence-electron chi connectivity index (χ2n) is 6.56. The van der Waals surface area contributed by atoms with Crippen molar-refractivity contribution in [3.8, 4) is 0 Å². The lowest BCUT2D eigenvalue weighted by Crippen LogP contribution is -2.26. The van der Waals surface area contributed by atoms with Gasteiger partial charge in [0.15, 0.2) is 0 Å². The molecule has 2 aromatic carbocycles. The summed E-state index contributed by atoms with van der Waals surface area (Å²) in [5, 5.41) is 3.31. The maximum Gasteiger partial charge on any atom is 0.259 e. The summed E-state index contributed by atoms with van der Waals surface area (Å²) in [6, 6.07) is 19.7. The van der Waals surface area contributed by atoms with E-state index in [-0.39, 0.29) is 5.91 Å². The van der Waals surface area contributed by atoms with Crippen LogP contribution in [0.3, 0.4) is 0 Å². The second kappa shape index (κ2) is 7.83. The number of amides is 1. The highest BCUT2D eigenvalue weighted by Gasteiger charge is 2.14. The lowest BCUT2D eigenvalue weighted by Gasteiger charge is -2.17. The van der Waals surface area contributed by atoms with Crippen molar-refractivity contribution in [2.75, 3.05) is 17.3 Å². The number of rotatable bonds is 5. The zero-order valence-electron chi connectivity index (χ0n) is 15.3. The first kappa shape index (κ1) is 17.7. The Labute approximate surface area is 154 Å². The van der Waals surface area contributed by atoms with Gasteiger partial charge in [0, 0.05) is 24.6 Å². The molecule has 0 spiro atoms. The lowest BCUT2D eigenvalue weighted by molar-refractivity contribution is 0.0992. The third-order valence-electron chi connectivity index (χ3n) is 4.30. The molecule has 0 aliphatic carbocycles. The molecular formula is C22H23N3O. The molecule has 4 heteroatoms. The molecule has 0 aliphatic heterocycles. The number of carbonyl (C=O) groups excluding carboxylic acids is 1. The SMILES string of the molecule is CC(C)c1ccc(Nc2cncc(C(=O)N(C)c3ccccc3)c2)cc1. The van der Waals surface area contributed by atoms with E-state index >= 15 is 0 Å². The van der Waals surface area contributed by atoms with Crippen molar-refractivity contribution in [1.82, 2.24) is 4.98 Å². The van der Waals surface area contributed by atoms with Crippen molar-refractivity contribution in [3.63, 3.8) is 0 Å². The summed E-state index contributed by atoms with van der Waals surface area (Å²) in [6.07, 6.45) is 3.31. The number of anilines is 3. The van der Waals surface area contributed by atoms with E-state index in [1.807, 2.05) is 48.5 Å². The van der Waals surface area contributed by atoms with Crippen LogP contribution >= 0.6 is 0 Å². The van der Waals surface area contributed by atoms with Crippen LogP contribution < -0.4 is 10.2 Å². The number of nitrogens with zero attached hydrogens (tertiary/aromatic N) is 2. The molecule has 3 rings (SSSR count). The number of carbonyl (C=O) groups is 1. The van der Waals surface area contributed by atoms with Gasteiger partial charge in [-0.3, -0.25) is 9.78 Å². The fraction of sp³-hybridized carbons (Fsp3) is 0.182. The van der Waals surface area contributed by atoms with Gasteiger partial charge in [-0.15, -0.1) is 0 Å². The van der Waals surface area contributed by atoms with E-state index in [1.54, 1.807) is 24.3 Å². The Morgan fingerprint density at radius 3 is 2.31 bits per heavy atom. The molecule has 4 nitrogen and oxygen atoms in total. The molecule has 0 saturated carbocycles. The Hall–Kier alpha value is -3.14. The molecular weight excluding hydrogens is 322 g/mol. The molecule has 132 valence electrons. The monoisotopic (exact) mass is 345 g/mol. The fourth-order valence-electron chi connectivity index (χ4n) is 2.71. The molecule has 26 heavy (non-hydrogen) atoms. The Morgan fingerprint density at radius 1 is 0.962 bits per heavy atom. The minimum Gasteiger partial charge on any atom is -0.354 e. The largest absolute Gasteiger partial charge is 0.354 e. The zero-order chi connectivity index (χ0) is 18.5. The van der Waals surface area contributed by atoms with Gasteiger partial charge in [0.1, 0.15) is 0 Å². The summed E-state index contributed by atoms with van der Waals surface area (Å²) < 4.78 is 0. The molecule has 3 aromatic rings.